The minimum atomic E-state index is -3.65. The van der Waals surface area contributed by atoms with Gasteiger partial charge in [-0.15, -0.1) is 0 Å². The highest BCUT2D eigenvalue weighted by Gasteiger charge is 2.34. The van der Waals surface area contributed by atoms with Crippen LogP contribution < -0.4 is 5.32 Å². The molecule has 1 unspecified atom stereocenters. The Morgan fingerprint density at radius 1 is 1.09 bits per heavy atom. The summed E-state index contributed by atoms with van der Waals surface area (Å²) in [6, 6.07) is 9.24. The molecule has 32 heavy (non-hydrogen) atoms. The molecule has 10 heteroatoms. The van der Waals surface area contributed by atoms with Crippen molar-refractivity contribution in [2.75, 3.05) is 18.4 Å². The number of amides is 1. The van der Waals surface area contributed by atoms with Gasteiger partial charge in [-0.05, 0) is 51.0 Å². The minimum absolute atomic E-state index is 0.150. The highest BCUT2D eigenvalue weighted by molar-refractivity contribution is 7.89. The van der Waals surface area contributed by atoms with Crippen molar-refractivity contribution in [1.29, 1.82) is 0 Å². The lowest BCUT2D eigenvalue weighted by atomic mass is 9.98. The number of rotatable bonds is 6. The molecule has 1 heterocycles. The number of halogens is 2. The average molecular weight is 467 g/mol. The monoisotopic (exact) mass is 466 g/mol. The van der Waals surface area contributed by atoms with Crippen LogP contribution >= 0.6 is 0 Å². The van der Waals surface area contributed by atoms with Crippen molar-refractivity contribution >= 4 is 27.6 Å². The van der Waals surface area contributed by atoms with E-state index in [0.717, 1.165) is 17.7 Å². The molecule has 1 amide bonds. The van der Waals surface area contributed by atoms with Crippen LogP contribution in [0.2, 0.25) is 0 Å². The molecule has 0 aromatic heterocycles. The van der Waals surface area contributed by atoms with Crippen LogP contribution in [0.3, 0.4) is 0 Å². The molecule has 0 radical (unpaired) electrons. The lowest BCUT2D eigenvalue weighted by Gasteiger charge is -2.30. The predicted molar refractivity (Wildman–Crippen MR) is 113 cm³/mol. The van der Waals surface area contributed by atoms with Crippen LogP contribution in [0, 0.1) is 24.5 Å². The Morgan fingerprint density at radius 2 is 1.72 bits per heavy atom. The van der Waals surface area contributed by atoms with Gasteiger partial charge in [0.2, 0.25) is 10.0 Å². The Hall–Kier alpha value is -2.85. The molecule has 0 aliphatic carbocycles. The lowest BCUT2D eigenvalue weighted by Crippen LogP contribution is -2.41. The van der Waals surface area contributed by atoms with Gasteiger partial charge in [0.05, 0.1) is 16.5 Å². The van der Waals surface area contributed by atoms with E-state index in [-0.39, 0.29) is 36.5 Å². The normalized spacial score (nSPS) is 16.4. The fourth-order valence-corrected chi connectivity index (χ4v) is 4.81. The second kappa shape index (κ2) is 9.74. The molecule has 1 atom stereocenters. The summed E-state index contributed by atoms with van der Waals surface area (Å²) in [4.78, 5) is 24.8. The van der Waals surface area contributed by atoms with Crippen LogP contribution in [0.1, 0.15) is 25.3 Å². The number of benzene rings is 2. The quantitative estimate of drug-likeness (QED) is 0.660. The standard InChI is InChI=1S/C22H24F2N2O5S/c1-14-3-6-18(7-4-14)32(29,30)26-11-9-16(10-12-26)22(28)31-15(2)21(27)25-20-8-5-17(23)13-19(20)24/h3-8,13,15-16H,9-12H2,1-2H3,(H,25,27). The van der Waals surface area contributed by atoms with Gasteiger partial charge in [-0.2, -0.15) is 4.31 Å². The second-order valence-electron chi connectivity index (χ2n) is 7.68. The first-order valence-electron chi connectivity index (χ1n) is 10.1. The van der Waals surface area contributed by atoms with E-state index in [4.69, 9.17) is 4.74 Å². The van der Waals surface area contributed by atoms with Crippen LogP contribution in [0.5, 0.6) is 0 Å². The molecule has 172 valence electrons. The van der Waals surface area contributed by atoms with Crippen molar-refractivity contribution in [1.82, 2.24) is 4.31 Å². The summed E-state index contributed by atoms with van der Waals surface area (Å²) < 4.78 is 58.7. The van der Waals surface area contributed by atoms with E-state index >= 15 is 0 Å². The zero-order chi connectivity index (χ0) is 23.5. The number of nitrogens with zero attached hydrogens (tertiary/aromatic N) is 1. The first-order valence-corrected chi connectivity index (χ1v) is 11.5. The smallest absolute Gasteiger partial charge is 0.309 e. The highest BCUT2D eigenvalue weighted by atomic mass is 32.2. The molecule has 0 saturated carbocycles. The Balaban J connectivity index is 1.53. The lowest BCUT2D eigenvalue weighted by molar-refractivity contribution is -0.158. The van der Waals surface area contributed by atoms with Crippen molar-refractivity contribution in [3.05, 3.63) is 59.7 Å². The van der Waals surface area contributed by atoms with Crippen molar-refractivity contribution in [3.8, 4) is 0 Å². The fraction of sp³-hybridized carbons (Fsp3) is 0.364. The molecule has 2 aromatic rings. The van der Waals surface area contributed by atoms with Crippen molar-refractivity contribution in [3.63, 3.8) is 0 Å². The molecule has 3 rings (SSSR count). The molecule has 1 aliphatic heterocycles. The maximum absolute atomic E-state index is 13.7. The summed E-state index contributed by atoms with van der Waals surface area (Å²) in [6.45, 7) is 3.51. The summed E-state index contributed by atoms with van der Waals surface area (Å²) in [7, 11) is -3.65. The number of sulfonamides is 1. The molecule has 0 bridgehead atoms. The van der Waals surface area contributed by atoms with E-state index in [1.807, 2.05) is 6.92 Å². The van der Waals surface area contributed by atoms with Gasteiger partial charge in [-0.3, -0.25) is 9.59 Å². The van der Waals surface area contributed by atoms with Crippen LogP contribution in [-0.4, -0.2) is 43.8 Å². The molecule has 2 aromatic carbocycles. The maximum Gasteiger partial charge on any atom is 0.309 e. The second-order valence-corrected chi connectivity index (χ2v) is 9.62. The first-order chi connectivity index (χ1) is 15.1. The van der Waals surface area contributed by atoms with E-state index in [1.165, 1.54) is 11.2 Å². The van der Waals surface area contributed by atoms with Gasteiger partial charge in [-0.1, -0.05) is 17.7 Å². The molecular formula is C22H24F2N2O5S. The van der Waals surface area contributed by atoms with Gasteiger partial charge in [0, 0.05) is 19.2 Å². The number of nitrogens with one attached hydrogen (secondary N) is 1. The Kier molecular flexibility index (Phi) is 7.25. The van der Waals surface area contributed by atoms with Crippen molar-refractivity contribution < 1.29 is 31.5 Å². The third-order valence-corrected chi connectivity index (χ3v) is 7.21. The molecule has 1 fully saturated rings. The summed E-state index contributed by atoms with van der Waals surface area (Å²) in [5, 5.41) is 2.25. The highest BCUT2D eigenvalue weighted by Crippen LogP contribution is 2.25. The first kappa shape index (κ1) is 23.8. The third kappa shape index (κ3) is 5.49. The zero-order valence-electron chi connectivity index (χ0n) is 17.7. The van der Waals surface area contributed by atoms with Crippen LogP contribution in [-0.2, 0) is 24.3 Å². The molecule has 1 saturated heterocycles. The fourth-order valence-electron chi connectivity index (χ4n) is 3.34. The number of aryl methyl sites for hydroxylation is 1. The van der Waals surface area contributed by atoms with E-state index in [2.05, 4.69) is 5.32 Å². The molecule has 1 N–H and O–H groups in total. The van der Waals surface area contributed by atoms with Gasteiger partial charge in [-0.25, -0.2) is 17.2 Å². The average Bonchev–Trinajstić information content (AvgIpc) is 2.76. The number of carbonyl (C=O) groups excluding carboxylic acids is 2. The molecule has 7 nitrogen and oxygen atoms in total. The number of hydrogen-bond donors (Lipinski definition) is 1. The third-order valence-electron chi connectivity index (χ3n) is 5.30. The van der Waals surface area contributed by atoms with Gasteiger partial charge < -0.3 is 10.1 Å². The van der Waals surface area contributed by atoms with E-state index in [9.17, 15) is 26.8 Å². The summed E-state index contributed by atoms with van der Waals surface area (Å²) in [6.07, 6.45) is -0.698. The van der Waals surface area contributed by atoms with Crippen LogP contribution in [0.4, 0.5) is 14.5 Å². The molecule has 0 spiro atoms. The predicted octanol–water partition coefficient (Wildman–Crippen LogP) is 3.24. The summed E-state index contributed by atoms with van der Waals surface area (Å²) in [5.41, 5.74) is 0.722. The van der Waals surface area contributed by atoms with E-state index in [0.29, 0.717) is 6.07 Å². The Labute approximate surface area is 185 Å². The van der Waals surface area contributed by atoms with Crippen molar-refractivity contribution in [2.24, 2.45) is 5.92 Å². The largest absolute Gasteiger partial charge is 0.452 e. The number of carbonyl (C=O) groups is 2. The van der Waals surface area contributed by atoms with Crippen LogP contribution in [0.25, 0.3) is 0 Å². The summed E-state index contributed by atoms with van der Waals surface area (Å²) >= 11 is 0. The number of piperidine rings is 1. The number of hydrogen-bond acceptors (Lipinski definition) is 5. The number of ether oxygens (including phenoxy) is 1. The summed E-state index contributed by atoms with van der Waals surface area (Å²) in [5.74, 6) is -3.67. The topological polar surface area (TPSA) is 92.8 Å². The van der Waals surface area contributed by atoms with Crippen LogP contribution in [0.15, 0.2) is 47.4 Å². The van der Waals surface area contributed by atoms with Crippen molar-refractivity contribution in [2.45, 2.75) is 37.7 Å². The zero-order valence-corrected chi connectivity index (χ0v) is 18.5. The Morgan fingerprint density at radius 3 is 2.31 bits per heavy atom. The minimum Gasteiger partial charge on any atom is -0.452 e. The molecule has 1 aliphatic rings. The molecular weight excluding hydrogens is 442 g/mol. The maximum atomic E-state index is 13.7. The number of anilines is 1. The van der Waals surface area contributed by atoms with E-state index < -0.39 is 45.6 Å². The van der Waals surface area contributed by atoms with Gasteiger partial charge in [0.15, 0.2) is 6.10 Å². The van der Waals surface area contributed by atoms with Gasteiger partial charge in [0.25, 0.3) is 5.91 Å². The van der Waals surface area contributed by atoms with Gasteiger partial charge in [0.1, 0.15) is 11.6 Å². The number of esters is 1. The SMILES string of the molecule is Cc1ccc(S(=O)(=O)N2CCC(C(=O)OC(C)C(=O)Nc3ccc(F)cc3F)CC2)cc1. The Bertz CT molecular complexity index is 1100. The van der Waals surface area contributed by atoms with E-state index in [1.54, 1.807) is 24.3 Å². The van der Waals surface area contributed by atoms with Gasteiger partial charge >= 0.3 is 5.97 Å².